The third kappa shape index (κ3) is 1.86. The van der Waals surface area contributed by atoms with Gasteiger partial charge < -0.3 is 16.0 Å². The zero-order valence-corrected chi connectivity index (χ0v) is 10.1. The Balaban J connectivity index is 1.88. The van der Waals surface area contributed by atoms with Crippen LogP contribution in [0.2, 0.25) is 0 Å². The van der Waals surface area contributed by atoms with Crippen molar-refractivity contribution in [3.63, 3.8) is 0 Å². The fourth-order valence-electron chi connectivity index (χ4n) is 2.24. The van der Waals surface area contributed by atoms with Gasteiger partial charge in [-0.1, -0.05) is 0 Å². The Hall–Kier alpha value is -1.62. The van der Waals surface area contributed by atoms with Crippen LogP contribution in [0.5, 0.6) is 0 Å². The first-order chi connectivity index (χ1) is 8.15. The van der Waals surface area contributed by atoms with Gasteiger partial charge in [-0.3, -0.25) is 4.79 Å². The Bertz CT molecular complexity index is 510. The molecule has 0 unspecified atom stereocenters. The Kier molecular flexibility index (Phi) is 2.29. The molecule has 3 N–H and O–H groups in total. The lowest BCUT2D eigenvalue weighted by Gasteiger charge is -2.13. The highest BCUT2D eigenvalue weighted by Crippen LogP contribution is 2.35. The van der Waals surface area contributed by atoms with E-state index in [1.807, 2.05) is 23.1 Å². The summed E-state index contributed by atoms with van der Waals surface area (Å²) < 4.78 is 0. The highest BCUT2D eigenvalue weighted by atomic mass is 32.1. The highest BCUT2D eigenvalue weighted by molar-refractivity contribution is 7.80. The average molecular weight is 247 g/mol. The molecule has 2 aliphatic rings. The van der Waals surface area contributed by atoms with E-state index in [1.165, 1.54) is 0 Å². The highest BCUT2D eigenvalue weighted by Gasteiger charge is 2.38. The summed E-state index contributed by atoms with van der Waals surface area (Å²) in [6.07, 6.45) is 2.27. The molecule has 1 fully saturated rings. The second-order valence-corrected chi connectivity index (χ2v) is 4.97. The van der Waals surface area contributed by atoms with Crippen molar-refractivity contribution >= 4 is 28.9 Å². The SMILES string of the molecule is NC(=S)Nc1ccc2c(c1)CN(C1CC1)C2=O. The topological polar surface area (TPSA) is 58.4 Å². The third-order valence-corrected chi connectivity index (χ3v) is 3.29. The lowest BCUT2D eigenvalue weighted by atomic mass is 10.1. The number of carbonyl (C=O) groups excluding carboxylic acids is 1. The van der Waals surface area contributed by atoms with Crippen molar-refractivity contribution in [2.75, 3.05) is 5.32 Å². The van der Waals surface area contributed by atoms with Crippen molar-refractivity contribution in [2.45, 2.75) is 25.4 Å². The molecule has 1 aliphatic carbocycles. The number of amides is 1. The predicted octanol–water partition coefficient (Wildman–Crippen LogP) is 1.46. The van der Waals surface area contributed by atoms with Crippen LogP contribution in [-0.4, -0.2) is 22.0 Å². The molecule has 0 saturated heterocycles. The van der Waals surface area contributed by atoms with Crippen molar-refractivity contribution < 1.29 is 4.79 Å². The van der Waals surface area contributed by atoms with Crippen LogP contribution in [0.25, 0.3) is 0 Å². The van der Waals surface area contributed by atoms with Crippen molar-refractivity contribution in [3.05, 3.63) is 29.3 Å². The van der Waals surface area contributed by atoms with E-state index in [0.717, 1.165) is 29.7 Å². The molecule has 5 heteroatoms. The van der Waals surface area contributed by atoms with E-state index in [9.17, 15) is 4.79 Å². The Labute approximate surface area is 105 Å². The van der Waals surface area contributed by atoms with Crippen LogP contribution in [0, 0.1) is 0 Å². The first kappa shape index (κ1) is 10.5. The van der Waals surface area contributed by atoms with E-state index in [4.69, 9.17) is 18.0 Å². The minimum Gasteiger partial charge on any atom is -0.376 e. The zero-order chi connectivity index (χ0) is 12.0. The van der Waals surface area contributed by atoms with Crippen LogP contribution in [0.15, 0.2) is 18.2 Å². The van der Waals surface area contributed by atoms with Gasteiger partial charge in [-0.2, -0.15) is 0 Å². The summed E-state index contributed by atoms with van der Waals surface area (Å²) in [7, 11) is 0. The van der Waals surface area contributed by atoms with E-state index in [-0.39, 0.29) is 11.0 Å². The fraction of sp³-hybridized carbons (Fsp3) is 0.333. The summed E-state index contributed by atoms with van der Waals surface area (Å²) >= 11 is 4.79. The maximum Gasteiger partial charge on any atom is 0.254 e. The molecular formula is C12H13N3OS. The van der Waals surface area contributed by atoms with Crippen LogP contribution in [-0.2, 0) is 6.54 Å². The number of hydrogen-bond donors (Lipinski definition) is 2. The summed E-state index contributed by atoms with van der Waals surface area (Å²) in [6.45, 7) is 0.714. The molecule has 1 amide bonds. The zero-order valence-electron chi connectivity index (χ0n) is 9.27. The number of thiocarbonyl (C=S) groups is 1. The van der Waals surface area contributed by atoms with Crippen LogP contribution in [0.1, 0.15) is 28.8 Å². The molecule has 1 aromatic rings. The van der Waals surface area contributed by atoms with E-state index in [2.05, 4.69) is 5.32 Å². The van der Waals surface area contributed by atoms with Gasteiger partial charge in [-0.25, -0.2) is 0 Å². The van der Waals surface area contributed by atoms with Crippen LogP contribution in [0.4, 0.5) is 5.69 Å². The quantitative estimate of drug-likeness (QED) is 0.777. The number of carbonyl (C=O) groups is 1. The normalized spacial score (nSPS) is 18.1. The second-order valence-electron chi connectivity index (χ2n) is 4.53. The molecular weight excluding hydrogens is 234 g/mol. The number of hydrogen-bond acceptors (Lipinski definition) is 2. The van der Waals surface area contributed by atoms with Crippen molar-refractivity contribution in [1.82, 2.24) is 4.90 Å². The summed E-state index contributed by atoms with van der Waals surface area (Å²) in [6, 6.07) is 6.10. The molecule has 1 saturated carbocycles. The Morgan fingerprint density at radius 3 is 2.88 bits per heavy atom. The van der Waals surface area contributed by atoms with Crippen molar-refractivity contribution in [1.29, 1.82) is 0 Å². The lowest BCUT2D eigenvalue weighted by Crippen LogP contribution is -2.25. The molecule has 4 nitrogen and oxygen atoms in total. The number of nitrogens with one attached hydrogen (secondary N) is 1. The van der Waals surface area contributed by atoms with Crippen molar-refractivity contribution in [2.24, 2.45) is 5.73 Å². The van der Waals surface area contributed by atoms with Gasteiger partial charge in [0.15, 0.2) is 5.11 Å². The molecule has 17 heavy (non-hydrogen) atoms. The first-order valence-corrected chi connectivity index (χ1v) is 6.06. The monoisotopic (exact) mass is 247 g/mol. The lowest BCUT2D eigenvalue weighted by molar-refractivity contribution is 0.0766. The molecule has 0 aromatic heterocycles. The van der Waals surface area contributed by atoms with Crippen LogP contribution < -0.4 is 11.1 Å². The third-order valence-electron chi connectivity index (χ3n) is 3.19. The first-order valence-electron chi connectivity index (χ1n) is 5.65. The second kappa shape index (κ2) is 3.70. The number of rotatable bonds is 2. The summed E-state index contributed by atoms with van der Waals surface area (Å²) in [4.78, 5) is 14.0. The smallest absolute Gasteiger partial charge is 0.254 e. The van der Waals surface area contributed by atoms with Gasteiger partial charge in [-0.15, -0.1) is 0 Å². The number of nitrogens with zero attached hydrogens (tertiary/aromatic N) is 1. The number of anilines is 1. The largest absolute Gasteiger partial charge is 0.376 e. The van der Waals surface area contributed by atoms with Gasteiger partial charge in [0.25, 0.3) is 5.91 Å². The summed E-state index contributed by atoms with van der Waals surface area (Å²) in [5.41, 5.74) is 8.14. The van der Waals surface area contributed by atoms with Gasteiger partial charge in [0, 0.05) is 23.8 Å². The molecule has 1 aromatic carbocycles. The van der Waals surface area contributed by atoms with Crippen LogP contribution in [0.3, 0.4) is 0 Å². The van der Waals surface area contributed by atoms with E-state index < -0.39 is 0 Å². The Morgan fingerprint density at radius 2 is 2.24 bits per heavy atom. The molecule has 0 radical (unpaired) electrons. The fourth-order valence-corrected chi connectivity index (χ4v) is 2.36. The number of nitrogens with two attached hydrogens (primary N) is 1. The maximum atomic E-state index is 12.1. The molecule has 0 bridgehead atoms. The maximum absolute atomic E-state index is 12.1. The van der Waals surface area contributed by atoms with Gasteiger partial charge in [0.05, 0.1) is 0 Å². The molecule has 1 heterocycles. The molecule has 3 rings (SSSR count). The molecule has 1 aliphatic heterocycles. The van der Waals surface area contributed by atoms with E-state index in [0.29, 0.717) is 12.6 Å². The van der Waals surface area contributed by atoms with Gasteiger partial charge in [-0.05, 0) is 48.8 Å². The molecule has 0 atom stereocenters. The van der Waals surface area contributed by atoms with E-state index >= 15 is 0 Å². The number of benzene rings is 1. The Morgan fingerprint density at radius 1 is 1.47 bits per heavy atom. The summed E-state index contributed by atoms with van der Waals surface area (Å²) in [5.74, 6) is 0.157. The average Bonchev–Trinajstić information content (AvgIpc) is 3.04. The van der Waals surface area contributed by atoms with Crippen LogP contribution >= 0.6 is 12.2 Å². The van der Waals surface area contributed by atoms with Gasteiger partial charge >= 0.3 is 0 Å². The number of fused-ring (bicyclic) bond motifs is 1. The summed E-state index contributed by atoms with van der Waals surface area (Å²) in [5, 5.41) is 3.13. The molecule has 88 valence electrons. The minimum atomic E-state index is 0.157. The van der Waals surface area contributed by atoms with Gasteiger partial charge in [0.2, 0.25) is 0 Å². The van der Waals surface area contributed by atoms with Gasteiger partial charge in [0.1, 0.15) is 0 Å². The standard InChI is InChI=1S/C12H13N3OS/c13-12(17)14-8-1-4-10-7(5-8)6-15(11(10)16)9-2-3-9/h1,4-5,9H,2-3,6H2,(H3,13,14,17). The molecule has 0 spiro atoms. The predicted molar refractivity (Wildman–Crippen MR) is 69.7 cm³/mol. The van der Waals surface area contributed by atoms with Crippen molar-refractivity contribution in [3.8, 4) is 0 Å². The minimum absolute atomic E-state index is 0.157. The van der Waals surface area contributed by atoms with E-state index in [1.54, 1.807) is 0 Å².